The van der Waals surface area contributed by atoms with Crippen LogP contribution in [0, 0.1) is 0 Å². The van der Waals surface area contributed by atoms with Crippen molar-refractivity contribution in [2.45, 2.75) is 0 Å². The van der Waals surface area contributed by atoms with Crippen molar-refractivity contribution in [2.75, 3.05) is 0 Å². The van der Waals surface area contributed by atoms with Gasteiger partial charge in [-0.05, 0) is 36.4 Å². The van der Waals surface area contributed by atoms with E-state index in [1.165, 1.54) is 0 Å². The first-order valence-electron chi connectivity index (χ1n) is 8.24. The molecule has 5 aromatic heterocycles. The summed E-state index contributed by atoms with van der Waals surface area (Å²) in [5.41, 5.74) is 6.48. The summed E-state index contributed by atoms with van der Waals surface area (Å²) in [6.45, 7) is 0. The van der Waals surface area contributed by atoms with E-state index in [2.05, 4.69) is 31.3 Å². The van der Waals surface area contributed by atoms with Crippen molar-refractivity contribution in [3.63, 3.8) is 0 Å². The van der Waals surface area contributed by atoms with Gasteiger partial charge in [0.1, 0.15) is 5.65 Å². The van der Waals surface area contributed by atoms with Crippen molar-refractivity contribution in [1.29, 1.82) is 0 Å². The van der Waals surface area contributed by atoms with Crippen LogP contribution in [0.4, 0.5) is 0 Å². The van der Waals surface area contributed by atoms with Gasteiger partial charge in [-0.1, -0.05) is 12.1 Å². The number of pyridine rings is 3. The summed E-state index contributed by atoms with van der Waals surface area (Å²) in [5, 5.41) is 7.28. The standard InChI is InChI=1S/C20H14N6/c1-3-9-21-16(5-1)18-12-23-19-8-7-14(13-26(18)19)15-11-24-25-20(15)17-6-2-4-10-22-17/h1-13H,(H,24,25). The predicted octanol–water partition coefficient (Wildman–Crippen LogP) is 3.85. The normalized spacial score (nSPS) is 11.1. The molecule has 5 rings (SSSR count). The van der Waals surface area contributed by atoms with Crippen molar-refractivity contribution < 1.29 is 0 Å². The molecule has 1 N–H and O–H groups in total. The summed E-state index contributed by atoms with van der Waals surface area (Å²) in [6, 6.07) is 15.7. The van der Waals surface area contributed by atoms with Crippen LogP contribution < -0.4 is 0 Å². The molecular formula is C20H14N6. The second-order valence-corrected chi connectivity index (χ2v) is 5.88. The zero-order valence-electron chi connectivity index (χ0n) is 13.7. The summed E-state index contributed by atoms with van der Waals surface area (Å²) in [7, 11) is 0. The Morgan fingerprint density at radius 1 is 0.769 bits per heavy atom. The minimum Gasteiger partial charge on any atom is -0.298 e. The van der Waals surface area contributed by atoms with Crippen molar-refractivity contribution in [3.05, 3.63) is 79.5 Å². The van der Waals surface area contributed by atoms with Gasteiger partial charge in [0.25, 0.3) is 0 Å². The number of aromatic nitrogens is 6. The van der Waals surface area contributed by atoms with Crippen LogP contribution in [-0.4, -0.2) is 29.5 Å². The Hall–Kier alpha value is -3.80. The lowest BCUT2D eigenvalue weighted by molar-refractivity contribution is 1.09. The zero-order valence-corrected chi connectivity index (χ0v) is 13.7. The molecule has 0 spiro atoms. The fraction of sp³-hybridized carbons (Fsp3) is 0. The lowest BCUT2D eigenvalue weighted by atomic mass is 10.1. The first-order chi connectivity index (χ1) is 12.9. The molecule has 0 fully saturated rings. The van der Waals surface area contributed by atoms with E-state index in [0.717, 1.165) is 39.5 Å². The molecule has 0 radical (unpaired) electrons. The molecule has 0 amide bonds. The number of aromatic amines is 1. The first-order valence-corrected chi connectivity index (χ1v) is 8.24. The highest BCUT2D eigenvalue weighted by molar-refractivity contribution is 5.79. The maximum atomic E-state index is 4.49. The summed E-state index contributed by atoms with van der Waals surface area (Å²) in [5.74, 6) is 0. The van der Waals surface area contributed by atoms with Gasteiger partial charge in [-0.25, -0.2) is 4.98 Å². The van der Waals surface area contributed by atoms with Crippen molar-refractivity contribution in [2.24, 2.45) is 0 Å². The molecule has 124 valence electrons. The number of hydrogen-bond donors (Lipinski definition) is 1. The lowest BCUT2D eigenvalue weighted by Gasteiger charge is -2.06. The van der Waals surface area contributed by atoms with Crippen LogP contribution in [0.3, 0.4) is 0 Å². The van der Waals surface area contributed by atoms with Gasteiger partial charge < -0.3 is 0 Å². The Bertz CT molecular complexity index is 1170. The topological polar surface area (TPSA) is 71.8 Å². The molecule has 0 atom stereocenters. The lowest BCUT2D eigenvalue weighted by Crippen LogP contribution is -1.92. The minimum atomic E-state index is 0.857. The van der Waals surface area contributed by atoms with E-state index >= 15 is 0 Å². The van der Waals surface area contributed by atoms with Crippen LogP contribution in [0.2, 0.25) is 0 Å². The van der Waals surface area contributed by atoms with E-state index in [1.807, 2.05) is 65.3 Å². The molecule has 26 heavy (non-hydrogen) atoms. The third kappa shape index (κ3) is 2.36. The Labute approximate surface area is 149 Å². The monoisotopic (exact) mass is 338 g/mol. The Morgan fingerprint density at radius 3 is 2.35 bits per heavy atom. The van der Waals surface area contributed by atoms with Crippen LogP contribution >= 0.6 is 0 Å². The molecule has 0 saturated heterocycles. The average molecular weight is 338 g/mol. The number of imidazole rings is 1. The highest BCUT2D eigenvalue weighted by atomic mass is 15.1. The number of rotatable bonds is 3. The van der Waals surface area contributed by atoms with Crippen molar-refractivity contribution in [1.82, 2.24) is 29.5 Å². The number of nitrogens with one attached hydrogen (secondary N) is 1. The van der Waals surface area contributed by atoms with Crippen LogP contribution in [-0.2, 0) is 0 Å². The smallest absolute Gasteiger partial charge is 0.137 e. The van der Waals surface area contributed by atoms with Gasteiger partial charge in [0.05, 0.1) is 35.2 Å². The molecule has 0 aromatic carbocycles. The fourth-order valence-electron chi connectivity index (χ4n) is 3.05. The molecule has 0 aliphatic heterocycles. The number of fused-ring (bicyclic) bond motifs is 1. The van der Waals surface area contributed by atoms with Crippen LogP contribution in [0.15, 0.2) is 79.5 Å². The molecule has 6 heteroatoms. The molecule has 6 nitrogen and oxygen atoms in total. The molecule has 0 aliphatic rings. The maximum absolute atomic E-state index is 4.49. The SMILES string of the molecule is c1ccc(-c2[nH]ncc2-c2ccc3ncc(-c4ccccn4)n3c2)nc1. The molecule has 5 aromatic rings. The van der Waals surface area contributed by atoms with Gasteiger partial charge in [-0.15, -0.1) is 0 Å². The van der Waals surface area contributed by atoms with Gasteiger partial charge in [0.2, 0.25) is 0 Å². The summed E-state index contributed by atoms with van der Waals surface area (Å²) in [6.07, 6.45) is 9.29. The molecule has 0 aliphatic carbocycles. The third-order valence-electron chi connectivity index (χ3n) is 4.30. The Balaban J connectivity index is 1.67. The Kier molecular flexibility index (Phi) is 3.31. The van der Waals surface area contributed by atoms with E-state index in [9.17, 15) is 0 Å². The summed E-state index contributed by atoms with van der Waals surface area (Å²) in [4.78, 5) is 13.3. The van der Waals surface area contributed by atoms with E-state index < -0.39 is 0 Å². The second-order valence-electron chi connectivity index (χ2n) is 5.88. The highest BCUT2D eigenvalue weighted by Crippen LogP contribution is 2.30. The summed E-state index contributed by atoms with van der Waals surface area (Å²) >= 11 is 0. The quantitative estimate of drug-likeness (QED) is 0.542. The Morgan fingerprint density at radius 2 is 1.58 bits per heavy atom. The molecule has 0 bridgehead atoms. The fourth-order valence-corrected chi connectivity index (χ4v) is 3.05. The number of hydrogen-bond acceptors (Lipinski definition) is 4. The number of H-pyrrole nitrogens is 1. The molecule has 5 heterocycles. The van der Waals surface area contributed by atoms with Crippen molar-refractivity contribution in [3.8, 4) is 33.9 Å². The largest absolute Gasteiger partial charge is 0.298 e. The number of nitrogens with zero attached hydrogens (tertiary/aromatic N) is 5. The summed E-state index contributed by atoms with van der Waals surface area (Å²) < 4.78 is 2.05. The van der Waals surface area contributed by atoms with E-state index in [-0.39, 0.29) is 0 Å². The van der Waals surface area contributed by atoms with Gasteiger partial charge in [0, 0.05) is 29.7 Å². The first kappa shape index (κ1) is 14.5. The molecule has 0 unspecified atom stereocenters. The average Bonchev–Trinajstić information content (AvgIpc) is 3.36. The van der Waals surface area contributed by atoms with Crippen LogP contribution in [0.1, 0.15) is 0 Å². The van der Waals surface area contributed by atoms with Crippen molar-refractivity contribution >= 4 is 5.65 Å². The highest BCUT2D eigenvalue weighted by Gasteiger charge is 2.13. The van der Waals surface area contributed by atoms with E-state index in [1.54, 1.807) is 12.4 Å². The van der Waals surface area contributed by atoms with Gasteiger partial charge in [-0.2, -0.15) is 5.10 Å². The maximum Gasteiger partial charge on any atom is 0.137 e. The van der Waals surface area contributed by atoms with E-state index in [0.29, 0.717) is 0 Å². The van der Waals surface area contributed by atoms with Gasteiger partial charge in [0.15, 0.2) is 0 Å². The third-order valence-corrected chi connectivity index (χ3v) is 4.30. The zero-order chi connectivity index (χ0) is 17.3. The van der Waals surface area contributed by atoms with E-state index in [4.69, 9.17) is 0 Å². The molecular weight excluding hydrogens is 324 g/mol. The van der Waals surface area contributed by atoms with Crippen LogP contribution in [0.25, 0.3) is 39.5 Å². The predicted molar refractivity (Wildman–Crippen MR) is 99.2 cm³/mol. The minimum absolute atomic E-state index is 0.857. The molecule has 0 saturated carbocycles. The van der Waals surface area contributed by atoms with Gasteiger partial charge >= 0.3 is 0 Å². The van der Waals surface area contributed by atoms with Gasteiger partial charge in [-0.3, -0.25) is 19.5 Å². The second kappa shape index (κ2) is 5.93. The van der Waals surface area contributed by atoms with Crippen LogP contribution in [0.5, 0.6) is 0 Å².